The molecule has 2 fully saturated rings. The molecule has 2 aromatic rings. The third-order valence-corrected chi connectivity index (χ3v) is 6.87. The quantitative estimate of drug-likeness (QED) is 0.767. The second-order valence-corrected chi connectivity index (χ2v) is 8.56. The van der Waals surface area contributed by atoms with E-state index in [1.165, 1.54) is 0 Å². The van der Waals surface area contributed by atoms with E-state index >= 15 is 0 Å². The lowest BCUT2D eigenvalue weighted by Crippen LogP contribution is -2.47. The molecule has 2 saturated heterocycles. The fraction of sp³-hybridized carbons (Fsp3) is 0.318. The highest BCUT2D eigenvalue weighted by atomic mass is 32.2. The number of esters is 1. The normalized spacial score (nSPS) is 23.0. The molecule has 0 aliphatic carbocycles. The summed E-state index contributed by atoms with van der Waals surface area (Å²) < 4.78 is 5.27. The van der Waals surface area contributed by atoms with Crippen LogP contribution in [0.15, 0.2) is 54.6 Å². The van der Waals surface area contributed by atoms with E-state index in [0.717, 1.165) is 11.1 Å². The van der Waals surface area contributed by atoms with Crippen LogP contribution in [0, 0.1) is 6.92 Å². The monoisotopic (exact) mass is 410 g/mol. The van der Waals surface area contributed by atoms with Crippen molar-refractivity contribution in [1.29, 1.82) is 0 Å². The second-order valence-electron chi connectivity index (χ2n) is 7.27. The van der Waals surface area contributed by atoms with E-state index in [0.29, 0.717) is 24.3 Å². The van der Waals surface area contributed by atoms with Crippen molar-refractivity contribution in [3.05, 3.63) is 65.7 Å². The van der Waals surface area contributed by atoms with Gasteiger partial charge >= 0.3 is 5.97 Å². The fourth-order valence-electron chi connectivity index (χ4n) is 3.97. The fourth-order valence-corrected chi connectivity index (χ4v) is 5.60. The van der Waals surface area contributed by atoms with Gasteiger partial charge in [-0.25, -0.2) is 4.79 Å². The molecule has 2 heterocycles. The molecule has 2 aromatic carbocycles. The van der Waals surface area contributed by atoms with Gasteiger partial charge in [0.05, 0.1) is 0 Å². The van der Waals surface area contributed by atoms with Gasteiger partial charge in [-0.05, 0) is 36.6 Å². The van der Waals surface area contributed by atoms with Gasteiger partial charge in [0.2, 0.25) is 5.91 Å². The zero-order valence-electron chi connectivity index (χ0n) is 16.1. The minimum atomic E-state index is -0.679. The number of hydrogen-bond donors (Lipinski definition) is 1. The van der Waals surface area contributed by atoms with Gasteiger partial charge in [0.25, 0.3) is 5.91 Å². The Labute approximate surface area is 173 Å². The molecule has 2 amide bonds. The number of carbonyl (C=O) groups is 3. The van der Waals surface area contributed by atoms with E-state index in [-0.39, 0.29) is 12.5 Å². The maximum atomic E-state index is 12.7. The number of anilines is 1. The lowest BCUT2D eigenvalue weighted by Gasteiger charge is -2.33. The van der Waals surface area contributed by atoms with Gasteiger partial charge in [-0.2, -0.15) is 0 Å². The number of nitrogens with zero attached hydrogens (tertiary/aromatic N) is 1. The summed E-state index contributed by atoms with van der Waals surface area (Å²) in [5.74, 6) is -0.537. The van der Waals surface area contributed by atoms with Crippen LogP contribution in [0.25, 0.3) is 0 Å². The Bertz CT molecular complexity index is 949. The summed E-state index contributed by atoms with van der Waals surface area (Å²) >= 11 is 1.60. The number of nitrogens with one attached hydrogen (secondary N) is 1. The van der Waals surface area contributed by atoms with Crippen LogP contribution < -0.4 is 5.32 Å². The minimum Gasteiger partial charge on any atom is -0.454 e. The summed E-state index contributed by atoms with van der Waals surface area (Å²) in [5.41, 5.74) is 2.69. The van der Waals surface area contributed by atoms with Crippen LogP contribution in [0.2, 0.25) is 0 Å². The Kier molecular flexibility index (Phi) is 5.32. The van der Waals surface area contributed by atoms with Gasteiger partial charge in [-0.15, -0.1) is 11.8 Å². The molecule has 2 aliphatic rings. The van der Waals surface area contributed by atoms with Crippen molar-refractivity contribution in [1.82, 2.24) is 4.90 Å². The highest BCUT2D eigenvalue weighted by Crippen LogP contribution is 2.54. The zero-order chi connectivity index (χ0) is 20.4. The van der Waals surface area contributed by atoms with E-state index in [1.54, 1.807) is 22.7 Å². The smallest absolute Gasteiger partial charge is 0.330 e. The van der Waals surface area contributed by atoms with Crippen molar-refractivity contribution in [3.8, 4) is 0 Å². The third kappa shape index (κ3) is 3.74. The molecule has 6 nitrogen and oxygen atoms in total. The SMILES string of the molecule is Cc1cccc(NC(=O)COC(=O)[C@@H]2CS[C@@]3(c4ccccc4)CCC(=O)N23)c1. The van der Waals surface area contributed by atoms with Crippen LogP contribution in [-0.2, 0) is 24.0 Å². The first-order valence-electron chi connectivity index (χ1n) is 9.54. The molecule has 0 unspecified atom stereocenters. The van der Waals surface area contributed by atoms with Crippen molar-refractivity contribution in [2.24, 2.45) is 0 Å². The van der Waals surface area contributed by atoms with Gasteiger partial charge in [-0.1, -0.05) is 42.5 Å². The molecule has 0 radical (unpaired) electrons. The van der Waals surface area contributed by atoms with Gasteiger partial charge in [0.1, 0.15) is 10.9 Å². The van der Waals surface area contributed by atoms with Gasteiger partial charge in [0, 0.05) is 17.9 Å². The van der Waals surface area contributed by atoms with E-state index in [9.17, 15) is 14.4 Å². The van der Waals surface area contributed by atoms with Crippen molar-refractivity contribution in [3.63, 3.8) is 0 Å². The predicted molar refractivity (Wildman–Crippen MR) is 111 cm³/mol. The first-order valence-corrected chi connectivity index (χ1v) is 10.5. The number of carbonyl (C=O) groups excluding carboxylic acids is 3. The maximum Gasteiger partial charge on any atom is 0.330 e. The summed E-state index contributed by atoms with van der Waals surface area (Å²) in [6.07, 6.45) is 1.07. The largest absolute Gasteiger partial charge is 0.454 e. The molecule has 0 saturated carbocycles. The van der Waals surface area contributed by atoms with Gasteiger partial charge in [-0.3, -0.25) is 9.59 Å². The Hall–Kier alpha value is -2.80. The Morgan fingerprint density at radius 3 is 2.76 bits per heavy atom. The van der Waals surface area contributed by atoms with Crippen molar-refractivity contribution >= 4 is 35.2 Å². The summed E-state index contributed by atoms with van der Waals surface area (Å²) in [7, 11) is 0. The lowest BCUT2D eigenvalue weighted by atomic mass is 10.0. The summed E-state index contributed by atoms with van der Waals surface area (Å²) in [4.78, 5) is 38.6. The standard InChI is InChI=1S/C22H22N2O4S/c1-15-6-5-9-17(12-15)23-19(25)13-28-21(27)18-14-29-22(11-10-20(26)24(18)22)16-7-3-2-4-8-16/h2-9,12,18H,10-11,13-14H2,1H3,(H,23,25)/t18-,22+/m0/s1. The van der Waals surface area contributed by atoms with E-state index in [2.05, 4.69) is 5.32 Å². The average Bonchev–Trinajstić information content (AvgIpc) is 3.26. The van der Waals surface area contributed by atoms with Crippen LogP contribution in [0.4, 0.5) is 5.69 Å². The summed E-state index contributed by atoms with van der Waals surface area (Å²) in [6.45, 7) is 1.55. The molecule has 7 heteroatoms. The molecule has 2 atom stereocenters. The van der Waals surface area contributed by atoms with Crippen molar-refractivity contribution in [2.45, 2.75) is 30.7 Å². The van der Waals surface area contributed by atoms with Crippen LogP contribution in [0.1, 0.15) is 24.0 Å². The highest BCUT2D eigenvalue weighted by molar-refractivity contribution is 8.00. The summed E-state index contributed by atoms with van der Waals surface area (Å²) in [5, 5.41) is 2.72. The maximum absolute atomic E-state index is 12.7. The lowest BCUT2D eigenvalue weighted by molar-refractivity contribution is -0.155. The molecule has 1 N–H and O–H groups in total. The molecule has 2 aliphatic heterocycles. The van der Waals surface area contributed by atoms with Gasteiger partial charge < -0.3 is 15.0 Å². The molecule has 0 bridgehead atoms. The number of thioether (sulfide) groups is 1. The number of aryl methyl sites for hydroxylation is 1. The van der Waals surface area contributed by atoms with Crippen LogP contribution in [0.3, 0.4) is 0 Å². The minimum absolute atomic E-state index is 0.0509. The van der Waals surface area contributed by atoms with E-state index in [1.807, 2.05) is 55.5 Å². The number of rotatable bonds is 5. The van der Waals surface area contributed by atoms with Gasteiger partial charge in [0.15, 0.2) is 6.61 Å². The molecular formula is C22H22N2O4S. The molecule has 150 valence electrons. The number of hydrogen-bond acceptors (Lipinski definition) is 5. The first-order chi connectivity index (χ1) is 14.0. The van der Waals surface area contributed by atoms with Crippen LogP contribution in [0.5, 0.6) is 0 Å². The molecule has 4 rings (SSSR count). The van der Waals surface area contributed by atoms with Crippen molar-refractivity contribution < 1.29 is 19.1 Å². The number of fused-ring (bicyclic) bond motifs is 1. The highest BCUT2D eigenvalue weighted by Gasteiger charge is 2.57. The van der Waals surface area contributed by atoms with Crippen molar-refractivity contribution in [2.75, 3.05) is 17.7 Å². The Morgan fingerprint density at radius 1 is 1.21 bits per heavy atom. The molecular weight excluding hydrogens is 388 g/mol. The Morgan fingerprint density at radius 2 is 2.00 bits per heavy atom. The number of benzene rings is 2. The average molecular weight is 410 g/mol. The molecule has 29 heavy (non-hydrogen) atoms. The van der Waals surface area contributed by atoms with Crippen LogP contribution in [-0.4, -0.2) is 41.1 Å². The third-order valence-electron chi connectivity index (χ3n) is 5.27. The number of amides is 2. The molecule has 0 spiro atoms. The van der Waals surface area contributed by atoms with E-state index in [4.69, 9.17) is 4.74 Å². The topological polar surface area (TPSA) is 75.7 Å². The van der Waals surface area contributed by atoms with Crippen LogP contribution >= 0.6 is 11.8 Å². The summed E-state index contributed by atoms with van der Waals surface area (Å²) in [6, 6.07) is 16.5. The first kappa shape index (κ1) is 19.5. The molecule has 0 aromatic heterocycles. The number of ether oxygens (including phenoxy) is 1. The zero-order valence-corrected chi connectivity index (χ0v) is 16.9. The predicted octanol–water partition coefficient (Wildman–Crippen LogP) is 3.07. The Balaban J connectivity index is 1.41. The second kappa shape index (κ2) is 7.91. The van der Waals surface area contributed by atoms with E-state index < -0.39 is 22.8 Å².